The van der Waals surface area contributed by atoms with E-state index in [0.717, 1.165) is 55.4 Å². The molecule has 2 aromatic rings. The number of rotatable bonds is 4. The molecule has 0 N–H and O–H groups in total. The standard InChI is InChI=1S/C19H25N3O2S2/c1-2-22-18(24)16-13-8-4-5-9-14(13)26-17(16)20-19(22)25-12-15(23)21-10-6-3-7-11-21/h2-12H2,1H3. The minimum atomic E-state index is 0.0739. The number of thiophene rings is 1. The Kier molecular flexibility index (Phi) is 5.36. The Morgan fingerprint density at radius 3 is 2.69 bits per heavy atom. The Morgan fingerprint density at radius 2 is 1.92 bits per heavy atom. The van der Waals surface area contributed by atoms with Crippen LogP contribution in [0.15, 0.2) is 9.95 Å². The van der Waals surface area contributed by atoms with E-state index < -0.39 is 0 Å². The summed E-state index contributed by atoms with van der Waals surface area (Å²) in [6.07, 6.45) is 7.84. The molecule has 26 heavy (non-hydrogen) atoms. The second-order valence-corrected chi connectivity index (χ2v) is 9.09. The van der Waals surface area contributed by atoms with E-state index >= 15 is 0 Å². The molecule has 1 fully saturated rings. The molecule has 2 aliphatic rings. The lowest BCUT2D eigenvalue weighted by Gasteiger charge is -2.26. The molecule has 0 atom stereocenters. The number of aromatic nitrogens is 2. The minimum Gasteiger partial charge on any atom is -0.342 e. The van der Waals surface area contributed by atoms with Gasteiger partial charge in [-0.2, -0.15) is 0 Å². The molecule has 4 rings (SSSR count). The fraction of sp³-hybridized carbons (Fsp3) is 0.632. The molecule has 1 saturated heterocycles. The molecular weight excluding hydrogens is 366 g/mol. The second kappa shape index (κ2) is 7.72. The van der Waals surface area contributed by atoms with E-state index in [1.807, 2.05) is 11.8 Å². The number of amides is 1. The van der Waals surface area contributed by atoms with E-state index in [1.54, 1.807) is 15.9 Å². The van der Waals surface area contributed by atoms with Gasteiger partial charge in [0.25, 0.3) is 5.56 Å². The first-order chi connectivity index (χ1) is 12.7. The molecule has 0 radical (unpaired) electrons. The normalized spacial score (nSPS) is 17.5. The van der Waals surface area contributed by atoms with Crippen LogP contribution in [0.3, 0.4) is 0 Å². The average molecular weight is 392 g/mol. The molecule has 1 aliphatic carbocycles. The fourth-order valence-electron chi connectivity index (χ4n) is 3.97. The maximum Gasteiger partial charge on any atom is 0.263 e. The van der Waals surface area contributed by atoms with Crippen molar-refractivity contribution in [1.29, 1.82) is 0 Å². The minimum absolute atomic E-state index is 0.0739. The second-order valence-electron chi connectivity index (χ2n) is 7.06. The number of fused-ring (bicyclic) bond motifs is 3. The van der Waals surface area contributed by atoms with Crippen LogP contribution in [0, 0.1) is 0 Å². The van der Waals surface area contributed by atoms with Crippen LogP contribution in [-0.2, 0) is 24.2 Å². The Morgan fingerprint density at radius 1 is 1.15 bits per heavy atom. The zero-order chi connectivity index (χ0) is 18.1. The van der Waals surface area contributed by atoms with E-state index in [0.29, 0.717) is 17.5 Å². The van der Waals surface area contributed by atoms with E-state index in [1.165, 1.54) is 35.0 Å². The van der Waals surface area contributed by atoms with Gasteiger partial charge in [-0.15, -0.1) is 11.3 Å². The van der Waals surface area contributed by atoms with Crippen LogP contribution < -0.4 is 5.56 Å². The summed E-state index contributed by atoms with van der Waals surface area (Å²) in [5, 5.41) is 1.52. The van der Waals surface area contributed by atoms with Crippen molar-refractivity contribution in [2.24, 2.45) is 0 Å². The molecule has 140 valence electrons. The van der Waals surface area contributed by atoms with Crippen molar-refractivity contribution in [1.82, 2.24) is 14.5 Å². The predicted molar refractivity (Wildman–Crippen MR) is 107 cm³/mol. The fourth-order valence-corrected chi connectivity index (χ4v) is 6.24. The number of likely N-dealkylation sites (tertiary alicyclic amines) is 1. The molecular formula is C19H25N3O2S2. The van der Waals surface area contributed by atoms with Crippen LogP contribution >= 0.6 is 23.1 Å². The Balaban J connectivity index is 1.62. The number of nitrogens with zero attached hydrogens (tertiary/aromatic N) is 3. The smallest absolute Gasteiger partial charge is 0.263 e. The van der Waals surface area contributed by atoms with Crippen molar-refractivity contribution >= 4 is 39.2 Å². The van der Waals surface area contributed by atoms with Gasteiger partial charge in [0.1, 0.15) is 4.83 Å². The first-order valence-electron chi connectivity index (χ1n) is 9.64. The van der Waals surface area contributed by atoms with Gasteiger partial charge in [0.2, 0.25) is 5.91 Å². The van der Waals surface area contributed by atoms with Crippen LogP contribution in [0.25, 0.3) is 10.2 Å². The molecule has 1 amide bonds. The highest BCUT2D eigenvalue weighted by Crippen LogP contribution is 2.34. The summed E-state index contributed by atoms with van der Waals surface area (Å²) < 4.78 is 1.75. The summed E-state index contributed by atoms with van der Waals surface area (Å²) in [4.78, 5) is 34.5. The van der Waals surface area contributed by atoms with Gasteiger partial charge in [-0.05, 0) is 57.4 Å². The molecule has 7 heteroatoms. The van der Waals surface area contributed by atoms with Crippen LogP contribution in [0.1, 0.15) is 49.5 Å². The van der Waals surface area contributed by atoms with Gasteiger partial charge >= 0.3 is 0 Å². The predicted octanol–water partition coefficient (Wildman–Crippen LogP) is 3.46. The van der Waals surface area contributed by atoms with Crippen molar-refractivity contribution in [3.63, 3.8) is 0 Å². The van der Waals surface area contributed by atoms with E-state index in [4.69, 9.17) is 4.98 Å². The number of carbonyl (C=O) groups is 1. The third-order valence-corrected chi connectivity index (χ3v) is 7.54. The number of aryl methyl sites for hydroxylation is 2. The summed E-state index contributed by atoms with van der Waals surface area (Å²) in [5.41, 5.74) is 1.31. The maximum absolute atomic E-state index is 13.1. The van der Waals surface area contributed by atoms with E-state index in [9.17, 15) is 9.59 Å². The van der Waals surface area contributed by atoms with Crippen molar-refractivity contribution in [3.8, 4) is 0 Å². The van der Waals surface area contributed by atoms with Crippen molar-refractivity contribution in [2.75, 3.05) is 18.8 Å². The monoisotopic (exact) mass is 391 g/mol. The van der Waals surface area contributed by atoms with Gasteiger partial charge < -0.3 is 4.90 Å². The van der Waals surface area contributed by atoms with E-state index in [-0.39, 0.29) is 11.5 Å². The molecule has 5 nitrogen and oxygen atoms in total. The number of hydrogen-bond donors (Lipinski definition) is 0. The molecule has 3 heterocycles. The van der Waals surface area contributed by atoms with Gasteiger partial charge in [-0.3, -0.25) is 14.2 Å². The summed E-state index contributed by atoms with van der Waals surface area (Å²) >= 11 is 3.09. The number of piperidine rings is 1. The molecule has 0 aromatic carbocycles. The average Bonchev–Trinajstić information content (AvgIpc) is 3.05. The van der Waals surface area contributed by atoms with Gasteiger partial charge in [0.15, 0.2) is 5.16 Å². The summed E-state index contributed by atoms with van der Waals surface area (Å²) in [7, 11) is 0. The molecule has 0 spiro atoms. The van der Waals surface area contributed by atoms with Crippen LogP contribution in [0.2, 0.25) is 0 Å². The van der Waals surface area contributed by atoms with Gasteiger partial charge in [0, 0.05) is 24.5 Å². The molecule has 0 saturated carbocycles. The maximum atomic E-state index is 13.1. The van der Waals surface area contributed by atoms with Crippen LogP contribution in [0.4, 0.5) is 0 Å². The Hall–Kier alpha value is -1.34. The largest absolute Gasteiger partial charge is 0.342 e. The first-order valence-corrected chi connectivity index (χ1v) is 11.4. The lowest BCUT2D eigenvalue weighted by molar-refractivity contribution is -0.129. The molecule has 0 unspecified atom stereocenters. The number of hydrogen-bond acceptors (Lipinski definition) is 5. The summed E-state index contributed by atoms with van der Waals surface area (Å²) in [6.45, 7) is 4.30. The lowest BCUT2D eigenvalue weighted by atomic mass is 9.97. The third-order valence-electron chi connectivity index (χ3n) is 5.39. The summed E-state index contributed by atoms with van der Waals surface area (Å²) in [5.74, 6) is 0.528. The lowest BCUT2D eigenvalue weighted by Crippen LogP contribution is -2.37. The number of carbonyl (C=O) groups excluding carboxylic acids is 1. The van der Waals surface area contributed by atoms with Gasteiger partial charge in [-0.25, -0.2) is 4.98 Å². The molecule has 1 aliphatic heterocycles. The highest BCUT2D eigenvalue weighted by atomic mass is 32.2. The van der Waals surface area contributed by atoms with Gasteiger partial charge in [0.05, 0.1) is 11.1 Å². The van der Waals surface area contributed by atoms with Crippen LogP contribution in [-0.4, -0.2) is 39.2 Å². The molecule has 0 bridgehead atoms. The zero-order valence-electron chi connectivity index (χ0n) is 15.3. The van der Waals surface area contributed by atoms with E-state index in [2.05, 4.69) is 0 Å². The Bertz CT molecular complexity index is 881. The van der Waals surface area contributed by atoms with Crippen molar-refractivity contribution in [3.05, 3.63) is 20.8 Å². The van der Waals surface area contributed by atoms with Crippen LogP contribution in [0.5, 0.6) is 0 Å². The Labute approximate surface area is 161 Å². The highest BCUT2D eigenvalue weighted by Gasteiger charge is 2.23. The summed E-state index contributed by atoms with van der Waals surface area (Å²) in [6, 6.07) is 0. The van der Waals surface area contributed by atoms with Crippen molar-refractivity contribution < 1.29 is 4.79 Å². The third kappa shape index (κ3) is 3.31. The quantitative estimate of drug-likeness (QED) is 0.592. The highest BCUT2D eigenvalue weighted by molar-refractivity contribution is 7.99. The number of thioether (sulfide) groups is 1. The van der Waals surface area contributed by atoms with Crippen molar-refractivity contribution in [2.45, 2.75) is 63.6 Å². The SMILES string of the molecule is CCn1c(SCC(=O)N2CCCCC2)nc2sc3c(c2c1=O)CCCC3. The first kappa shape index (κ1) is 18.0. The topological polar surface area (TPSA) is 55.2 Å². The molecule has 2 aromatic heterocycles. The van der Waals surface area contributed by atoms with Gasteiger partial charge in [-0.1, -0.05) is 11.8 Å². The zero-order valence-corrected chi connectivity index (χ0v) is 16.9.